The Bertz CT molecular complexity index is 1180. The van der Waals surface area contributed by atoms with E-state index in [1.165, 1.54) is 0 Å². The molecule has 0 saturated heterocycles. The zero-order valence-electron chi connectivity index (χ0n) is 17.4. The maximum Gasteiger partial charge on any atom is 0.319 e. The average Bonchev–Trinajstić information content (AvgIpc) is 3.32. The lowest BCUT2D eigenvalue weighted by Crippen LogP contribution is -2.28. The number of anilines is 1. The topological polar surface area (TPSA) is 84.7 Å². The van der Waals surface area contributed by atoms with E-state index in [1.54, 1.807) is 34.0 Å². The first-order valence-electron chi connectivity index (χ1n) is 9.70. The van der Waals surface area contributed by atoms with Gasteiger partial charge >= 0.3 is 6.03 Å². The van der Waals surface area contributed by atoms with E-state index in [9.17, 15) is 4.79 Å². The molecule has 0 radical (unpaired) electrons. The van der Waals surface area contributed by atoms with Crippen molar-refractivity contribution < 1.29 is 4.79 Å². The van der Waals surface area contributed by atoms with Gasteiger partial charge in [0.15, 0.2) is 10.2 Å². The van der Waals surface area contributed by atoms with Crippen LogP contribution in [0.3, 0.4) is 0 Å². The van der Waals surface area contributed by atoms with Crippen LogP contribution in [-0.4, -0.2) is 25.8 Å². The molecule has 0 aliphatic carbocycles. The molecule has 0 bridgehead atoms. The summed E-state index contributed by atoms with van der Waals surface area (Å²) in [4.78, 5) is 22.2. The van der Waals surface area contributed by atoms with Gasteiger partial charge in [0.2, 0.25) is 0 Å². The number of nitrogens with zero attached hydrogens (tertiary/aromatic N) is 4. The third kappa shape index (κ3) is 5.50. The molecule has 9 heteroatoms. The SMILES string of the molecule is Cc1csc(Sc2ccc(NC(=O)NCc3ccc(-n4nc(C)cc4C)nc3)cc2)n1. The first kappa shape index (κ1) is 21.1. The van der Waals surface area contributed by atoms with Crippen LogP contribution in [0.5, 0.6) is 0 Å². The number of aromatic nitrogens is 4. The van der Waals surface area contributed by atoms with Crippen molar-refractivity contribution in [2.75, 3.05) is 5.32 Å². The number of pyridine rings is 1. The highest BCUT2D eigenvalue weighted by atomic mass is 32.2. The summed E-state index contributed by atoms with van der Waals surface area (Å²) >= 11 is 3.24. The summed E-state index contributed by atoms with van der Waals surface area (Å²) in [5.41, 5.74) is 4.65. The third-order valence-corrected chi connectivity index (χ3v) is 6.47. The molecule has 7 nitrogen and oxygen atoms in total. The third-order valence-electron chi connectivity index (χ3n) is 4.40. The number of thiazole rings is 1. The number of hydrogen-bond donors (Lipinski definition) is 2. The molecule has 0 aliphatic rings. The fourth-order valence-electron chi connectivity index (χ4n) is 2.95. The van der Waals surface area contributed by atoms with E-state index < -0.39 is 0 Å². The summed E-state index contributed by atoms with van der Waals surface area (Å²) in [6.45, 7) is 6.31. The number of nitrogens with one attached hydrogen (secondary N) is 2. The van der Waals surface area contributed by atoms with Crippen LogP contribution in [0.4, 0.5) is 10.5 Å². The average molecular weight is 451 g/mol. The Morgan fingerprint density at radius 3 is 2.52 bits per heavy atom. The zero-order valence-corrected chi connectivity index (χ0v) is 19.0. The number of benzene rings is 1. The summed E-state index contributed by atoms with van der Waals surface area (Å²) in [6, 6.07) is 13.3. The molecule has 0 spiro atoms. The minimum atomic E-state index is -0.265. The molecule has 0 saturated carbocycles. The van der Waals surface area contributed by atoms with Crippen LogP contribution in [0.1, 0.15) is 22.6 Å². The first-order chi connectivity index (χ1) is 15.0. The molecule has 31 heavy (non-hydrogen) atoms. The van der Waals surface area contributed by atoms with E-state index in [0.717, 1.165) is 43.4 Å². The number of hydrogen-bond acceptors (Lipinski definition) is 6. The molecule has 2 N–H and O–H groups in total. The summed E-state index contributed by atoms with van der Waals surface area (Å²) in [5, 5.41) is 12.2. The Kier molecular flexibility index (Phi) is 6.34. The van der Waals surface area contributed by atoms with Gasteiger partial charge in [0.25, 0.3) is 0 Å². The lowest BCUT2D eigenvalue weighted by molar-refractivity contribution is 0.251. The van der Waals surface area contributed by atoms with Crippen LogP contribution in [0.15, 0.2) is 63.3 Å². The predicted octanol–water partition coefficient (Wildman–Crippen LogP) is 5.12. The Balaban J connectivity index is 1.28. The van der Waals surface area contributed by atoms with Gasteiger partial charge in [-0.2, -0.15) is 5.10 Å². The number of carbonyl (C=O) groups is 1. The molecule has 158 valence electrons. The van der Waals surface area contributed by atoms with E-state index in [-0.39, 0.29) is 6.03 Å². The quantitative estimate of drug-likeness (QED) is 0.426. The maximum absolute atomic E-state index is 12.2. The lowest BCUT2D eigenvalue weighted by Gasteiger charge is -2.09. The van der Waals surface area contributed by atoms with Crippen LogP contribution < -0.4 is 10.6 Å². The minimum absolute atomic E-state index is 0.265. The molecule has 0 unspecified atom stereocenters. The highest BCUT2D eigenvalue weighted by molar-refractivity contribution is 8.01. The Hall–Kier alpha value is -3.17. The standard InChI is InChI=1S/C22H22N6OS2/c1-14-10-16(3)28(27-14)20-9-4-17(11-23-20)12-24-21(29)26-18-5-7-19(8-6-18)31-22-25-15(2)13-30-22/h4-11,13H,12H2,1-3H3,(H2,24,26,29). The normalized spacial score (nSPS) is 10.8. The van der Waals surface area contributed by atoms with Gasteiger partial charge in [-0.1, -0.05) is 17.8 Å². The van der Waals surface area contributed by atoms with Crippen molar-refractivity contribution in [3.05, 3.63) is 76.7 Å². The fourth-order valence-corrected chi connectivity index (χ4v) is 4.76. The molecular formula is C22H22N6OS2. The Morgan fingerprint density at radius 2 is 1.90 bits per heavy atom. The number of urea groups is 1. The molecule has 0 fully saturated rings. The summed E-state index contributed by atoms with van der Waals surface area (Å²) in [7, 11) is 0. The monoisotopic (exact) mass is 450 g/mol. The van der Waals surface area contributed by atoms with E-state index in [4.69, 9.17) is 0 Å². The summed E-state index contributed by atoms with van der Waals surface area (Å²) < 4.78 is 2.81. The van der Waals surface area contributed by atoms with E-state index in [2.05, 4.69) is 25.7 Å². The van der Waals surface area contributed by atoms with Gasteiger partial charge in [0, 0.05) is 40.1 Å². The van der Waals surface area contributed by atoms with E-state index in [0.29, 0.717) is 6.54 Å². The minimum Gasteiger partial charge on any atom is -0.334 e. The van der Waals surface area contributed by atoms with Gasteiger partial charge in [-0.05, 0) is 62.7 Å². The van der Waals surface area contributed by atoms with Gasteiger partial charge in [-0.15, -0.1) is 11.3 Å². The van der Waals surface area contributed by atoms with Gasteiger partial charge in [0.1, 0.15) is 0 Å². The summed E-state index contributed by atoms with van der Waals surface area (Å²) in [6.07, 6.45) is 1.75. The van der Waals surface area contributed by atoms with Crippen molar-refractivity contribution in [2.45, 2.75) is 36.6 Å². The number of rotatable bonds is 6. The fraction of sp³-hybridized carbons (Fsp3) is 0.182. The number of carbonyl (C=O) groups excluding carboxylic acids is 1. The van der Waals surface area contributed by atoms with Crippen molar-refractivity contribution >= 4 is 34.8 Å². The van der Waals surface area contributed by atoms with Gasteiger partial charge in [-0.25, -0.2) is 19.4 Å². The second-order valence-corrected chi connectivity index (χ2v) is 9.23. The van der Waals surface area contributed by atoms with Crippen molar-refractivity contribution in [3.8, 4) is 5.82 Å². The molecule has 0 aliphatic heterocycles. The van der Waals surface area contributed by atoms with E-state index in [1.807, 2.05) is 68.6 Å². The van der Waals surface area contributed by atoms with Crippen LogP contribution in [0.25, 0.3) is 5.82 Å². The van der Waals surface area contributed by atoms with Crippen LogP contribution >= 0.6 is 23.1 Å². The van der Waals surface area contributed by atoms with Crippen molar-refractivity contribution in [1.82, 2.24) is 25.1 Å². The molecule has 3 aromatic heterocycles. The van der Waals surface area contributed by atoms with Crippen LogP contribution in [-0.2, 0) is 6.54 Å². The first-order valence-corrected chi connectivity index (χ1v) is 11.4. The zero-order chi connectivity index (χ0) is 21.8. The van der Waals surface area contributed by atoms with Crippen molar-refractivity contribution in [2.24, 2.45) is 0 Å². The number of aryl methyl sites for hydroxylation is 3. The second kappa shape index (κ2) is 9.32. The molecule has 0 atom stereocenters. The molecule has 3 heterocycles. The van der Waals surface area contributed by atoms with Crippen molar-refractivity contribution in [3.63, 3.8) is 0 Å². The lowest BCUT2D eigenvalue weighted by atomic mass is 10.3. The second-order valence-electron chi connectivity index (χ2n) is 7.05. The summed E-state index contributed by atoms with van der Waals surface area (Å²) in [5.74, 6) is 0.754. The van der Waals surface area contributed by atoms with Gasteiger partial charge in [0.05, 0.1) is 5.69 Å². The van der Waals surface area contributed by atoms with Crippen LogP contribution in [0, 0.1) is 20.8 Å². The Morgan fingerprint density at radius 1 is 1.10 bits per heavy atom. The van der Waals surface area contributed by atoms with Crippen LogP contribution in [0.2, 0.25) is 0 Å². The molecule has 4 aromatic rings. The molecule has 4 rings (SSSR count). The molecule has 2 amide bonds. The highest BCUT2D eigenvalue weighted by Gasteiger charge is 2.07. The Labute approximate surface area is 188 Å². The number of amides is 2. The van der Waals surface area contributed by atoms with Gasteiger partial charge in [-0.3, -0.25) is 0 Å². The molecule has 1 aromatic carbocycles. The van der Waals surface area contributed by atoms with Gasteiger partial charge < -0.3 is 10.6 Å². The maximum atomic E-state index is 12.2. The largest absolute Gasteiger partial charge is 0.334 e. The predicted molar refractivity (Wildman–Crippen MR) is 124 cm³/mol. The van der Waals surface area contributed by atoms with E-state index >= 15 is 0 Å². The molecular weight excluding hydrogens is 428 g/mol. The highest BCUT2D eigenvalue weighted by Crippen LogP contribution is 2.30. The van der Waals surface area contributed by atoms with Crippen molar-refractivity contribution in [1.29, 1.82) is 0 Å². The smallest absolute Gasteiger partial charge is 0.319 e.